The molecule has 0 atom stereocenters. The standard InChI is InChI=1S/C6H4F3N3O6S/c7-6(8,9)18-5-4(19(10,16)17)3(12(14)15)2(13)1-11-5/h1,13H,(H2,10,16,17). The van der Waals surface area contributed by atoms with E-state index in [4.69, 9.17) is 5.11 Å². The summed E-state index contributed by atoms with van der Waals surface area (Å²) in [5, 5.41) is 24.2. The van der Waals surface area contributed by atoms with E-state index >= 15 is 0 Å². The van der Waals surface area contributed by atoms with Crippen LogP contribution in [0.2, 0.25) is 0 Å². The molecule has 0 aliphatic carbocycles. The van der Waals surface area contributed by atoms with Crippen molar-refractivity contribution >= 4 is 15.7 Å². The lowest BCUT2D eigenvalue weighted by Crippen LogP contribution is -2.22. The van der Waals surface area contributed by atoms with E-state index in [0.29, 0.717) is 0 Å². The summed E-state index contributed by atoms with van der Waals surface area (Å²) in [6, 6.07) is 0. The summed E-state index contributed by atoms with van der Waals surface area (Å²) in [5.41, 5.74) is -1.56. The van der Waals surface area contributed by atoms with E-state index < -0.39 is 43.5 Å². The first kappa shape index (κ1) is 14.9. The van der Waals surface area contributed by atoms with Gasteiger partial charge in [0, 0.05) is 0 Å². The van der Waals surface area contributed by atoms with Gasteiger partial charge in [0.2, 0.25) is 16.5 Å². The lowest BCUT2D eigenvalue weighted by atomic mass is 10.4. The Morgan fingerprint density at radius 2 is 2.00 bits per heavy atom. The summed E-state index contributed by atoms with van der Waals surface area (Å²) in [6.45, 7) is 0. The molecule has 0 saturated heterocycles. The van der Waals surface area contributed by atoms with Gasteiger partial charge >= 0.3 is 12.0 Å². The Balaban J connectivity index is 3.67. The smallest absolute Gasteiger partial charge is 0.501 e. The predicted octanol–water partition coefficient (Wildman–Crippen LogP) is 0.241. The van der Waals surface area contributed by atoms with Crippen LogP contribution in [0, 0.1) is 10.1 Å². The van der Waals surface area contributed by atoms with E-state index in [1.165, 1.54) is 0 Å². The van der Waals surface area contributed by atoms with Crippen LogP contribution in [0.15, 0.2) is 11.1 Å². The van der Waals surface area contributed by atoms with Crippen molar-refractivity contribution in [1.82, 2.24) is 4.98 Å². The minimum atomic E-state index is -5.35. The lowest BCUT2D eigenvalue weighted by Gasteiger charge is -2.11. The van der Waals surface area contributed by atoms with Crippen LogP contribution in [0.4, 0.5) is 18.9 Å². The second-order valence-electron chi connectivity index (χ2n) is 2.98. The molecule has 1 heterocycles. The number of halogens is 3. The fourth-order valence-electron chi connectivity index (χ4n) is 1.07. The Morgan fingerprint density at radius 1 is 1.47 bits per heavy atom. The molecule has 0 amide bonds. The van der Waals surface area contributed by atoms with Gasteiger partial charge in [0.1, 0.15) is 0 Å². The number of aromatic hydroxyl groups is 1. The minimum absolute atomic E-state index is 0.230. The average Bonchev–Trinajstić information content (AvgIpc) is 2.15. The van der Waals surface area contributed by atoms with E-state index in [2.05, 4.69) is 14.9 Å². The zero-order valence-electron chi connectivity index (χ0n) is 8.58. The molecule has 0 aliphatic rings. The van der Waals surface area contributed by atoms with Crippen LogP contribution in [-0.4, -0.2) is 29.8 Å². The van der Waals surface area contributed by atoms with Crippen LogP contribution in [0.25, 0.3) is 0 Å². The Hall–Kier alpha value is -2.15. The van der Waals surface area contributed by atoms with Crippen LogP contribution in [0.3, 0.4) is 0 Å². The Bertz CT molecular complexity index is 628. The molecule has 0 spiro atoms. The number of nitro groups is 1. The molecule has 0 bridgehead atoms. The zero-order valence-corrected chi connectivity index (χ0v) is 9.40. The molecule has 1 aromatic rings. The highest BCUT2D eigenvalue weighted by Gasteiger charge is 2.39. The molecule has 13 heteroatoms. The maximum atomic E-state index is 12.0. The second-order valence-corrected chi connectivity index (χ2v) is 4.47. The largest absolute Gasteiger partial charge is 0.574 e. The number of ether oxygens (including phenoxy) is 1. The summed E-state index contributed by atoms with van der Waals surface area (Å²) in [4.78, 5) is 10.3. The molecular weight excluding hydrogens is 299 g/mol. The molecular formula is C6H4F3N3O6S. The molecule has 0 unspecified atom stereocenters. The van der Waals surface area contributed by atoms with Gasteiger partial charge in [0.05, 0.1) is 11.1 Å². The second kappa shape index (κ2) is 4.51. The van der Waals surface area contributed by atoms with Crippen molar-refractivity contribution in [2.45, 2.75) is 11.3 Å². The van der Waals surface area contributed by atoms with Gasteiger partial charge in [-0.2, -0.15) is 0 Å². The lowest BCUT2D eigenvalue weighted by molar-refractivity contribution is -0.389. The molecule has 1 aromatic heterocycles. The molecule has 19 heavy (non-hydrogen) atoms. The third kappa shape index (κ3) is 3.41. The van der Waals surface area contributed by atoms with Gasteiger partial charge in [-0.15, -0.1) is 13.2 Å². The first-order chi connectivity index (χ1) is 8.43. The molecule has 9 nitrogen and oxygen atoms in total. The topological polar surface area (TPSA) is 146 Å². The number of hydrogen-bond donors (Lipinski definition) is 2. The maximum absolute atomic E-state index is 12.0. The van der Waals surface area contributed by atoms with Gasteiger partial charge < -0.3 is 9.84 Å². The number of alkyl halides is 3. The summed E-state index contributed by atoms with van der Waals surface area (Å²) in [5.74, 6) is -2.93. The van der Waals surface area contributed by atoms with Crippen molar-refractivity contribution in [1.29, 1.82) is 0 Å². The normalized spacial score (nSPS) is 12.2. The van der Waals surface area contributed by atoms with E-state index in [1.807, 2.05) is 0 Å². The SMILES string of the molecule is NS(=O)(=O)c1c(OC(F)(F)F)ncc(O)c1[N+](=O)[O-]. The number of pyridine rings is 1. The first-order valence-electron chi connectivity index (χ1n) is 4.08. The highest BCUT2D eigenvalue weighted by Crippen LogP contribution is 2.38. The number of rotatable bonds is 3. The maximum Gasteiger partial charge on any atom is 0.574 e. The van der Waals surface area contributed by atoms with E-state index in [9.17, 15) is 31.7 Å². The summed E-state index contributed by atoms with van der Waals surface area (Å²) < 4.78 is 61.4. The van der Waals surface area contributed by atoms with Gasteiger partial charge in [-0.3, -0.25) is 10.1 Å². The van der Waals surface area contributed by atoms with Crippen molar-refractivity contribution in [3.8, 4) is 11.6 Å². The molecule has 0 saturated carbocycles. The zero-order chi connectivity index (χ0) is 15.0. The van der Waals surface area contributed by atoms with Crippen LogP contribution in [-0.2, 0) is 10.0 Å². The minimum Gasteiger partial charge on any atom is -0.501 e. The van der Waals surface area contributed by atoms with Gasteiger partial charge in [-0.1, -0.05) is 0 Å². The summed E-state index contributed by atoms with van der Waals surface area (Å²) in [7, 11) is -4.99. The van der Waals surface area contributed by atoms with Crippen molar-refractivity contribution in [2.24, 2.45) is 5.14 Å². The van der Waals surface area contributed by atoms with Crippen LogP contribution >= 0.6 is 0 Å². The molecule has 1 rings (SSSR count). The molecule has 0 aromatic carbocycles. The Morgan fingerprint density at radius 3 is 2.37 bits per heavy atom. The van der Waals surface area contributed by atoms with Crippen molar-refractivity contribution in [3.05, 3.63) is 16.3 Å². The Kier molecular flexibility index (Phi) is 3.54. The number of aromatic nitrogens is 1. The number of hydrogen-bond acceptors (Lipinski definition) is 7. The van der Waals surface area contributed by atoms with Crippen molar-refractivity contribution in [2.75, 3.05) is 0 Å². The summed E-state index contributed by atoms with van der Waals surface area (Å²) >= 11 is 0. The Labute approximate surface area is 102 Å². The van der Waals surface area contributed by atoms with E-state index in [-0.39, 0.29) is 6.20 Å². The highest BCUT2D eigenvalue weighted by atomic mass is 32.2. The average molecular weight is 303 g/mol. The fourth-order valence-corrected chi connectivity index (χ4v) is 1.86. The molecule has 0 aliphatic heterocycles. The molecule has 106 valence electrons. The van der Waals surface area contributed by atoms with Gasteiger partial charge in [-0.25, -0.2) is 18.5 Å². The van der Waals surface area contributed by atoms with E-state index in [1.54, 1.807) is 0 Å². The number of nitrogens with zero attached hydrogens (tertiary/aromatic N) is 2. The molecule has 0 fully saturated rings. The van der Waals surface area contributed by atoms with Crippen LogP contribution in [0.5, 0.6) is 11.6 Å². The predicted molar refractivity (Wildman–Crippen MR) is 50.6 cm³/mol. The third-order valence-corrected chi connectivity index (χ3v) is 2.57. The molecule has 0 radical (unpaired) electrons. The van der Waals surface area contributed by atoms with Gasteiger partial charge in [0.15, 0.2) is 0 Å². The highest BCUT2D eigenvalue weighted by molar-refractivity contribution is 7.89. The third-order valence-electron chi connectivity index (χ3n) is 1.64. The van der Waals surface area contributed by atoms with Gasteiger partial charge in [0.25, 0.3) is 10.0 Å². The van der Waals surface area contributed by atoms with Gasteiger partial charge in [-0.05, 0) is 0 Å². The van der Waals surface area contributed by atoms with E-state index in [0.717, 1.165) is 0 Å². The first-order valence-corrected chi connectivity index (χ1v) is 5.63. The number of primary sulfonamides is 1. The van der Waals surface area contributed by atoms with Crippen molar-refractivity contribution < 1.29 is 36.4 Å². The quantitative estimate of drug-likeness (QED) is 0.600. The monoisotopic (exact) mass is 303 g/mol. The van der Waals surface area contributed by atoms with Crippen molar-refractivity contribution in [3.63, 3.8) is 0 Å². The number of sulfonamides is 1. The number of nitrogens with two attached hydrogens (primary N) is 1. The van der Waals surface area contributed by atoms with Crippen LogP contribution < -0.4 is 9.88 Å². The molecule has 3 N–H and O–H groups in total. The fraction of sp³-hybridized carbons (Fsp3) is 0.167. The van der Waals surface area contributed by atoms with Crippen LogP contribution in [0.1, 0.15) is 0 Å². The summed E-state index contributed by atoms with van der Waals surface area (Å²) in [6.07, 6.45) is -5.12.